The molecule has 2 atom stereocenters. The predicted octanol–water partition coefficient (Wildman–Crippen LogP) is 3.20. The van der Waals surface area contributed by atoms with E-state index in [1.54, 1.807) is 19.9 Å². The van der Waals surface area contributed by atoms with Crippen LogP contribution in [0.4, 0.5) is 4.39 Å². The van der Waals surface area contributed by atoms with Crippen LogP contribution in [-0.2, 0) is 9.59 Å². The zero-order valence-corrected chi connectivity index (χ0v) is 13.3. The Balaban J connectivity index is 1.88. The number of carbonyl (C=O) groups excluding carboxylic acids is 1. The highest BCUT2D eigenvalue weighted by Gasteiger charge is 2.46. The molecule has 1 aromatic carbocycles. The van der Waals surface area contributed by atoms with Crippen LogP contribution in [0.3, 0.4) is 0 Å². The maximum Gasteiger partial charge on any atom is 0.309 e. The van der Waals surface area contributed by atoms with E-state index in [0.717, 1.165) is 0 Å². The van der Waals surface area contributed by atoms with Gasteiger partial charge in [0.05, 0.1) is 5.41 Å². The Morgan fingerprint density at radius 2 is 2.14 bits per heavy atom. The van der Waals surface area contributed by atoms with Crippen LogP contribution in [0.1, 0.15) is 38.2 Å². The van der Waals surface area contributed by atoms with Crippen LogP contribution >= 0.6 is 11.6 Å². The van der Waals surface area contributed by atoms with Gasteiger partial charge in [0.2, 0.25) is 5.91 Å². The number of hydrogen-bond acceptors (Lipinski definition) is 2. The molecule has 120 valence electrons. The van der Waals surface area contributed by atoms with E-state index < -0.39 is 11.4 Å². The molecule has 22 heavy (non-hydrogen) atoms. The predicted molar refractivity (Wildman–Crippen MR) is 81.3 cm³/mol. The number of carbonyl (C=O) groups is 2. The summed E-state index contributed by atoms with van der Waals surface area (Å²) >= 11 is 6.00. The molecule has 2 rings (SSSR count). The topological polar surface area (TPSA) is 66.4 Å². The molecular weight excluding hydrogens is 309 g/mol. The van der Waals surface area contributed by atoms with Crippen LogP contribution in [0, 0.1) is 17.2 Å². The molecule has 1 aromatic rings. The molecule has 0 spiro atoms. The lowest BCUT2D eigenvalue weighted by molar-refractivity contribution is -0.147. The molecule has 6 heteroatoms. The van der Waals surface area contributed by atoms with Gasteiger partial charge in [-0.2, -0.15) is 0 Å². The van der Waals surface area contributed by atoms with Gasteiger partial charge >= 0.3 is 5.97 Å². The molecule has 0 aromatic heterocycles. The number of carboxylic acid groups (broad SMARTS) is 1. The number of rotatable bonds is 6. The highest BCUT2D eigenvalue weighted by Crippen LogP contribution is 2.50. The van der Waals surface area contributed by atoms with Crippen LogP contribution in [0.25, 0.3) is 0 Å². The molecule has 0 radical (unpaired) electrons. The average molecular weight is 328 g/mol. The van der Waals surface area contributed by atoms with E-state index in [1.807, 2.05) is 0 Å². The summed E-state index contributed by atoms with van der Waals surface area (Å²) in [6.45, 7) is 3.51. The lowest BCUT2D eigenvalue weighted by Gasteiger charge is -2.18. The number of benzene rings is 1. The minimum Gasteiger partial charge on any atom is -0.481 e. The molecule has 2 unspecified atom stereocenters. The molecule has 0 heterocycles. The van der Waals surface area contributed by atoms with Crippen LogP contribution < -0.4 is 5.32 Å². The summed E-state index contributed by atoms with van der Waals surface area (Å²) in [6, 6.07) is 4.49. The summed E-state index contributed by atoms with van der Waals surface area (Å²) in [5, 5.41) is 12.1. The molecule has 0 aliphatic heterocycles. The Morgan fingerprint density at radius 1 is 1.45 bits per heavy atom. The first-order chi connectivity index (χ1) is 10.2. The molecule has 0 saturated heterocycles. The Bertz CT molecular complexity index is 583. The van der Waals surface area contributed by atoms with E-state index in [9.17, 15) is 14.0 Å². The first kappa shape index (κ1) is 16.7. The first-order valence-corrected chi connectivity index (χ1v) is 7.57. The largest absolute Gasteiger partial charge is 0.481 e. The van der Waals surface area contributed by atoms with Gasteiger partial charge in [0.15, 0.2) is 0 Å². The van der Waals surface area contributed by atoms with Gasteiger partial charge in [-0.25, -0.2) is 4.39 Å². The van der Waals surface area contributed by atoms with Gasteiger partial charge in [0.25, 0.3) is 0 Å². The van der Waals surface area contributed by atoms with Crippen molar-refractivity contribution in [3.8, 4) is 0 Å². The minimum absolute atomic E-state index is 0.175. The Labute approximate surface area is 133 Å². The molecule has 1 fully saturated rings. The van der Waals surface area contributed by atoms with E-state index in [0.29, 0.717) is 23.4 Å². The summed E-state index contributed by atoms with van der Waals surface area (Å²) in [5.74, 6) is -1.95. The second kappa shape index (κ2) is 6.24. The third kappa shape index (κ3) is 3.58. The van der Waals surface area contributed by atoms with Crippen LogP contribution in [0.5, 0.6) is 0 Å². The number of hydrogen-bond donors (Lipinski definition) is 2. The zero-order valence-electron chi connectivity index (χ0n) is 12.5. The number of nitrogens with one attached hydrogen (secondary N) is 1. The number of aliphatic carboxylic acids is 1. The molecule has 2 N–H and O–H groups in total. The maximum atomic E-state index is 13.8. The second-order valence-electron chi connectivity index (χ2n) is 6.31. The maximum absolute atomic E-state index is 13.8. The highest BCUT2D eigenvalue weighted by molar-refractivity contribution is 6.31. The Hall–Kier alpha value is -1.62. The summed E-state index contributed by atoms with van der Waals surface area (Å²) in [7, 11) is 0. The molecule has 4 nitrogen and oxygen atoms in total. The fraction of sp³-hybridized carbons (Fsp3) is 0.500. The van der Waals surface area contributed by atoms with Crippen molar-refractivity contribution in [3.63, 3.8) is 0 Å². The minimum atomic E-state index is -0.899. The normalized spacial score (nSPS) is 20.5. The quantitative estimate of drug-likeness (QED) is 0.843. The van der Waals surface area contributed by atoms with Crippen molar-refractivity contribution in [2.45, 2.75) is 32.6 Å². The van der Waals surface area contributed by atoms with E-state index in [1.165, 1.54) is 12.1 Å². The Kier molecular flexibility index (Phi) is 4.75. The van der Waals surface area contributed by atoms with Gasteiger partial charge < -0.3 is 10.4 Å². The second-order valence-corrected chi connectivity index (χ2v) is 6.72. The number of carboxylic acids is 1. The van der Waals surface area contributed by atoms with Gasteiger partial charge in [-0.15, -0.1) is 0 Å². The van der Waals surface area contributed by atoms with Gasteiger partial charge in [-0.1, -0.05) is 17.7 Å². The molecule has 1 aliphatic carbocycles. The van der Waals surface area contributed by atoms with Crippen molar-refractivity contribution in [1.82, 2.24) is 5.32 Å². The standard InChI is InChI=1S/C16H19ClFNO3/c1-16(2,15(21)22)6-7-19-14(20)10-8-9(10)13-11(17)4-3-5-12(13)18/h3-5,9-10H,6-8H2,1-2H3,(H,19,20)(H,21,22). The molecular formula is C16H19ClFNO3. The monoisotopic (exact) mass is 327 g/mol. The lowest BCUT2D eigenvalue weighted by Crippen LogP contribution is -2.32. The van der Waals surface area contributed by atoms with Crippen LogP contribution in [0.2, 0.25) is 5.02 Å². The van der Waals surface area contributed by atoms with Crippen molar-refractivity contribution in [3.05, 3.63) is 34.6 Å². The Morgan fingerprint density at radius 3 is 2.73 bits per heavy atom. The third-order valence-electron chi connectivity index (χ3n) is 4.13. The van der Waals surface area contributed by atoms with Crippen molar-refractivity contribution < 1.29 is 19.1 Å². The van der Waals surface area contributed by atoms with Gasteiger partial charge in [-0.05, 0) is 38.8 Å². The zero-order chi connectivity index (χ0) is 16.5. The third-order valence-corrected chi connectivity index (χ3v) is 4.46. The SMILES string of the molecule is CC(C)(CCNC(=O)C1CC1c1c(F)cccc1Cl)C(=O)O. The average Bonchev–Trinajstić information content (AvgIpc) is 3.18. The molecule has 1 amide bonds. The van der Waals surface area contributed by atoms with E-state index in [-0.39, 0.29) is 30.1 Å². The summed E-state index contributed by atoms with van der Waals surface area (Å²) in [5.41, 5.74) is -0.486. The summed E-state index contributed by atoms with van der Waals surface area (Å²) in [4.78, 5) is 23.0. The smallest absolute Gasteiger partial charge is 0.309 e. The van der Waals surface area contributed by atoms with Gasteiger partial charge in [-0.3, -0.25) is 9.59 Å². The van der Waals surface area contributed by atoms with Crippen molar-refractivity contribution in [1.29, 1.82) is 0 Å². The first-order valence-electron chi connectivity index (χ1n) is 7.19. The van der Waals surface area contributed by atoms with Gasteiger partial charge in [0, 0.05) is 29.0 Å². The fourth-order valence-corrected chi connectivity index (χ4v) is 2.71. The van der Waals surface area contributed by atoms with E-state index >= 15 is 0 Å². The van der Waals surface area contributed by atoms with Crippen molar-refractivity contribution >= 4 is 23.5 Å². The summed E-state index contributed by atoms with van der Waals surface area (Å²) < 4.78 is 13.8. The number of halogens is 2. The molecule has 1 aliphatic rings. The summed E-state index contributed by atoms with van der Waals surface area (Å²) in [6.07, 6.45) is 0.903. The highest BCUT2D eigenvalue weighted by atomic mass is 35.5. The molecule has 1 saturated carbocycles. The van der Waals surface area contributed by atoms with Gasteiger partial charge in [0.1, 0.15) is 5.82 Å². The van der Waals surface area contributed by atoms with E-state index in [4.69, 9.17) is 16.7 Å². The molecule has 0 bridgehead atoms. The van der Waals surface area contributed by atoms with Crippen LogP contribution in [-0.4, -0.2) is 23.5 Å². The van der Waals surface area contributed by atoms with Crippen molar-refractivity contribution in [2.24, 2.45) is 11.3 Å². The van der Waals surface area contributed by atoms with Crippen LogP contribution in [0.15, 0.2) is 18.2 Å². The fourth-order valence-electron chi connectivity index (χ4n) is 2.40. The lowest BCUT2D eigenvalue weighted by atomic mass is 9.90. The van der Waals surface area contributed by atoms with Crippen molar-refractivity contribution in [2.75, 3.05) is 6.54 Å². The van der Waals surface area contributed by atoms with E-state index in [2.05, 4.69) is 5.32 Å². The number of amides is 1.